The highest BCUT2D eigenvalue weighted by molar-refractivity contribution is 7.91. The molecule has 0 aliphatic rings. The quantitative estimate of drug-likeness (QED) is 0.425. The van der Waals surface area contributed by atoms with E-state index in [9.17, 15) is 25.6 Å². The summed E-state index contributed by atoms with van der Waals surface area (Å²) in [7, 11) is -7.71. The highest BCUT2D eigenvalue weighted by atomic mass is 32.2. The molecule has 4 aromatic rings. The van der Waals surface area contributed by atoms with Crippen LogP contribution in [0.25, 0.3) is 10.8 Å². The van der Waals surface area contributed by atoms with Crippen LogP contribution in [0, 0.1) is 11.6 Å². The van der Waals surface area contributed by atoms with E-state index in [-0.39, 0.29) is 19.6 Å². The van der Waals surface area contributed by atoms with Crippen molar-refractivity contribution in [1.82, 2.24) is 0 Å². The maximum atomic E-state index is 13.1. The van der Waals surface area contributed by atoms with Gasteiger partial charge in [-0.15, -0.1) is 0 Å². The lowest BCUT2D eigenvalue weighted by Crippen LogP contribution is -2.03. The Labute approximate surface area is 172 Å². The summed E-state index contributed by atoms with van der Waals surface area (Å²) in [6.07, 6.45) is 0. The summed E-state index contributed by atoms with van der Waals surface area (Å²) in [4.78, 5) is -0.0657. The van der Waals surface area contributed by atoms with Crippen molar-refractivity contribution in [1.29, 1.82) is 0 Å². The summed E-state index contributed by atoms with van der Waals surface area (Å²) in [5, 5.41) is 1.05. The predicted molar refractivity (Wildman–Crippen MR) is 108 cm³/mol. The summed E-state index contributed by atoms with van der Waals surface area (Å²) < 4.78 is 77.3. The van der Waals surface area contributed by atoms with Crippen LogP contribution >= 0.6 is 0 Å². The third-order valence-electron chi connectivity index (χ3n) is 4.65. The van der Waals surface area contributed by atoms with Gasteiger partial charge in [-0.1, -0.05) is 12.1 Å². The average Bonchev–Trinajstić information content (AvgIpc) is 2.73. The van der Waals surface area contributed by atoms with Crippen molar-refractivity contribution in [3.05, 3.63) is 96.6 Å². The van der Waals surface area contributed by atoms with Crippen LogP contribution in [0.2, 0.25) is 0 Å². The lowest BCUT2D eigenvalue weighted by Gasteiger charge is -2.09. The predicted octanol–water partition coefficient (Wildman–Crippen LogP) is 4.78. The molecule has 0 N–H and O–H groups in total. The van der Waals surface area contributed by atoms with E-state index in [0.29, 0.717) is 10.8 Å². The minimum absolute atomic E-state index is 0.00995. The molecule has 0 saturated heterocycles. The molecule has 0 saturated carbocycles. The topological polar surface area (TPSA) is 68.3 Å². The minimum Gasteiger partial charge on any atom is -0.219 e. The van der Waals surface area contributed by atoms with Crippen molar-refractivity contribution in [2.24, 2.45) is 0 Å². The second-order valence-electron chi connectivity index (χ2n) is 6.59. The monoisotopic (exact) mass is 444 g/mol. The van der Waals surface area contributed by atoms with Crippen molar-refractivity contribution in [2.75, 3.05) is 0 Å². The van der Waals surface area contributed by atoms with Crippen molar-refractivity contribution in [3.8, 4) is 0 Å². The number of hydrogen-bond acceptors (Lipinski definition) is 4. The molecular weight excluding hydrogens is 430 g/mol. The van der Waals surface area contributed by atoms with Crippen LogP contribution in [0.5, 0.6) is 0 Å². The van der Waals surface area contributed by atoms with Gasteiger partial charge in [0.05, 0.1) is 19.6 Å². The van der Waals surface area contributed by atoms with Gasteiger partial charge < -0.3 is 0 Å². The fourth-order valence-corrected chi connectivity index (χ4v) is 5.63. The highest BCUT2D eigenvalue weighted by Gasteiger charge is 2.20. The van der Waals surface area contributed by atoms with Crippen LogP contribution < -0.4 is 0 Å². The molecule has 0 fully saturated rings. The third-order valence-corrected chi connectivity index (χ3v) is 8.19. The van der Waals surface area contributed by atoms with Crippen LogP contribution in [0.15, 0.2) is 105 Å². The summed E-state index contributed by atoms with van der Waals surface area (Å²) in [6.45, 7) is 0. The van der Waals surface area contributed by atoms with Gasteiger partial charge >= 0.3 is 0 Å². The molecule has 0 bridgehead atoms. The standard InChI is InChI=1S/C22H14F2O4S2/c23-17-3-9-19(10-4-17)29(25,26)21-7-1-15-13-22(8-2-16(15)14-21)30(27,28)20-11-5-18(24)6-12-20/h1-14H. The Morgan fingerprint density at radius 2 is 0.733 bits per heavy atom. The molecule has 4 nitrogen and oxygen atoms in total. The number of hydrogen-bond donors (Lipinski definition) is 0. The maximum Gasteiger partial charge on any atom is 0.206 e. The fraction of sp³-hybridized carbons (Fsp3) is 0. The van der Waals surface area contributed by atoms with E-state index in [2.05, 4.69) is 0 Å². The number of rotatable bonds is 4. The molecule has 30 heavy (non-hydrogen) atoms. The van der Waals surface area contributed by atoms with Crippen LogP contribution in [0.4, 0.5) is 8.78 Å². The van der Waals surface area contributed by atoms with Gasteiger partial charge in [-0.3, -0.25) is 0 Å². The zero-order valence-electron chi connectivity index (χ0n) is 15.3. The van der Waals surface area contributed by atoms with Crippen molar-refractivity contribution < 1.29 is 25.6 Å². The number of sulfone groups is 2. The summed E-state index contributed by atoms with van der Waals surface area (Å²) >= 11 is 0. The molecule has 0 amide bonds. The second-order valence-corrected chi connectivity index (χ2v) is 10.5. The Morgan fingerprint density at radius 1 is 0.433 bits per heavy atom. The van der Waals surface area contributed by atoms with Crippen molar-refractivity contribution in [2.45, 2.75) is 19.6 Å². The Kier molecular flexibility index (Phi) is 4.91. The van der Waals surface area contributed by atoms with Gasteiger partial charge in [-0.2, -0.15) is 0 Å². The average molecular weight is 444 g/mol. The Hall–Kier alpha value is -3.10. The first kappa shape index (κ1) is 20.2. The number of fused-ring (bicyclic) bond motifs is 1. The van der Waals surface area contributed by atoms with Crippen molar-refractivity contribution in [3.63, 3.8) is 0 Å². The molecule has 0 heterocycles. The van der Waals surface area contributed by atoms with Crippen LogP contribution in [0.3, 0.4) is 0 Å². The maximum absolute atomic E-state index is 13.1. The molecule has 0 aromatic heterocycles. The van der Waals surface area contributed by atoms with E-state index in [1.165, 1.54) is 60.7 Å². The lowest BCUT2D eigenvalue weighted by atomic mass is 10.1. The molecule has 0 aliphatic heterocycles. The zero-order chi connectivity index (χ0) is 21.5. The fourth-order valence-electron chi connectivity index (χ4n) is 3.04. The highest BCUT2D eigenvalue weighted by Crippen LogP contribution is 2.28. The van der Waals surface area contributed by atoms with Gasteiger partial charge in [-0.25, -0.2) is 25.6 Å². The molecule has 0 spiro atoms. The Balaban J connectivity index is 1.76. The number of benzene rings is 4. The Morgan fingerprint density at radius 3 is 1.07 bits per heavy atom. The third kappa shape index (κ3) is 3.59. The summed E-state index contributed by atoms with van der Waals surface area (Å²) in [5.41, 5.74) is 0. The van der Waals surface area contributed by atoms with Gasteiger partial charge in [0.15, 0.2) is 0 Å². The van der Waals surface area contributed by atoms with Gasteiger partial charge in [0.25, 0.3) is 0 Å². The molecule has 0 atom stereocenters. The Bertz CT molecular complexity index is 1350. The van der Waals surface area contributed by atoms with Gasteiger partial charge in [0.1, 0.15) is 11.6 Å². The molecule has 8 heteroatoms. The van der Waals surface area contributed by atoms with Gasteiger partial charge in [0, 0.05) is 0 Å². The summed E-state index contributed by atoms with van der Waals surface area (Å²) in [6, 6.07) is 17.7. The molecule has 0 aliphatic carbocycles. The molecule has 0 unspecified atom stereocenters. The molecule has 0 radical (unpaired) electrons. The minimum atomic E-state index is -3.85. The largest absolute Gasteiger partial charge is 0.219 e. The number of halogens is 2. The molecule has 152 valence electrons. The van der Waals surface area contributed by atoms with Gasteiger partial charge in [-0.05, 0) is 83.6 Å². The molecule has 4 rings (SSSR count). The smallest absolute Gasteiger partial charge is 0.206 e. The molecule has 4 aromatic carbocycles. The first-order valence-electron chi connectivity index (χ1n) is 8.73. The van der Waals surface area contributed by atoms with Crippen LogP contribution in [-0.2, 0) is 19.7 Å². The van der Waals surface area contributed by atoms with E-state index in [4.69, 9.17) is 0 Å². The van der Waals surface area contributed by atoms with Crippen LogP contribution in [-0.4, -0.2) is 16.8 Å². The van der Waals surface area contributed by atoms with E-state index < -0.39 is 31.3 Å². The zero-order valence-corrected chi connectivity index (χ0v) is 16.9. The lowest BCUT2D eigenvalue weighted by molar-refractivity contribution is 0.592. The van der Waals surface area contributed by atoms with E-state index in [0.717, 1.165) is 24.3 Å². The normalized spacial score (nSPS) is 12.2. The first-order valence-corrected chi connectivity index (χ1v) is 11.7. The van der Waals surface area contributed by atoms with Crippen molar-refractivity contribution >= 4 is 30.4 Å². The van der Waals surface area contributed by atoms with E-state index in [1.54, 1.807) is 0 Å². The van der Waals surface area contributed by atoms with E-state index in [1.807, 2.05) is 0 Å². The SMILES string of the molecule is O=S(=O)(c1ccc(F)cc1)c1ccc2cc(S(=O)(=O)c3ccc(F)cc3)ccc2c1. The molecular formula is C22H14F2O4S2. The second kappa shape index (κ2) is 7.30. The first-order chi connectivity index (χ1) is 14.2. The van der Waals surface area contributed by atoms with Gasteiger partial charge in [0.2, 0.25) is 19.7 Å². The van der Waals surface area contributed by atoms with Crippen LogP contribution in [0.1, 0.15) is 0 Å². The summed E-state index contributed by atoms with van der Waals surface area (Å²) in [5.74, 6) is -1.08. The van der Waals surface area contributed by atoms with E-state index >= 15 is 0 Å².